The van der Waals surface area contributed by atoms with E-state index in [0.29, 0.717) is 12.2 Å². The number of carbonyl (C=O) groups excluding carboxylic acids is 1. The fraction of sp³-hybridized carbons (Fsp3) is 0.480. The SMILES string of the molecule is CC(C)C(=O)Nc1ccc(S(=O)(=O)NCCCc2ccc(N3CCCCCC3)cc2)cc1. The summed E-state index contributed by atoms with van der Waals surface area (Å²) in [4.78, 5) is 14.4. The highest BCUT2D eigenvalue weighted by Gasteiger charge is 2.14. The van der Waals surface area contributed by atoms with Gasteiger partial charge in [-0.1, -0.05) is 38.8 Å². The quantitative estimate of drug-likeness (QED) is 0.541. The number of sulfonamides is 1. The molecule has 2 aromatic rings. The van der Waals surface area contributed by atoms with Gasteiger partial charge < -0.3 is 10.2 Å². The summed E-state index contributed by atoms with van der Waals surface area (Å²) in [5.41, 5.74) is 3.09. The third kappa shape index (κ3) is 7.07. The van der Waals surface area contributed by atoms with E-state index in [-0.39, 0.29) is 16.7 Å². The Labute approximate surface area is 192 Å². The van der Waals surface area contributed by atoms with Gasteiger partial charge in [0.2, 0.25) is 15.9 Å². The molecule has 6 nitrogen and oxygen atoms in total. The molecular formula is C25H35N3O3S. The van der Waals surface area contributed by atoms with Gasteiger partial charge in [0.15, 0.2) is 0 Å². The molecule has 1 amide bonds. The Morgan fingerprint density at radius 1 is 0.938 bits per heavy atom. The summed E-state index contributed by atoms with van der Waals surface area (Å²) in [6.45, 7) is 6.25. The van der Waals surface area contributed by atoms with Crippen molar-refractivity contribution in [3.8, 4) is 0 Å². The van der Waals surface area contributed by atoms with E-state index < -0.39 is 10.0 Å². The monoisotopic (exact) mass is 457 g/mol. The number of benzene rings is 2. The van der Waals surface area contributed by atoms with Gasteiger partial charge in [0, 0.05) is 36.9 Å². The molecule has 3 rings (SSSR count). The smallest absolute Gasteiger partial charge is 0.240 e. The molecule has 1 saturated heterocycles. The van der Waals surface area contributed by atoms with Gasteiger partial charge in [0.1, 0.15) is 0 Å². The lowest BCUT2D eigenvalue weighted by molar-refractivity contribution is -0.118. The van der Waals surface area contributed by atoms with Crippen molar-refractivity contribution < 1.29 is 13.2 Å². The molecule has 174 valence electrons. The summed E-state index contributed by atoms with van der Waals surface area (Å²) in [5, 5.41) is 2.76. The number of rotatable bonds is 9. The van der Waals surface area contributed by atoms with Gasteiger partial charge in [0.25, 0.3) is 0 Å². The molecule has 2 N–H and O–H groups in total. The zero-order valence-electron chi connectivity index (χ0n) is 19.1. The Morgan fingerprint density at radius 2 is 1.56 bits per heavy atom. The van der Waals surface area contributed by atoms with Crippen molar-refractivity contribution in [1.82, 2.24) is 4.72 Å². The Kier molecular flexibility index (Phi) is 8.70. The van der Waals surface area contributed by atoms with Crippen LogP contribution in [0, 0.1) is 5.92 Å². The van der Waals surface area contributed by atoms with Crippen molar-refractivity contribution in [2.75, 3.05) is 29.9 Å². The summed E-state index contributed by atoms with van der Waals surface area (Å²) in [7, 11) is -3.57. The van der Waals surface area contributed by atoms with Crippen LogP contribution in [0.5, 0.6) is 0 Å². The predicted molar refractivity (Wildman–Crippen MR) is 131 cm³/mol. The van der Waals surface area contributed by atoms with Crippen LogP contribution in [0.4, 0.5) is 11.4 Å². The number of nitrogens with one attached hydrogen (secondary N) is 2. The lowest BCUT2D eigenvalue weighted by Crippen LogP contribution is -2.25. The Morgan fingerprint density at radius 3 is 2.16 bits per heavy atom. The van der Waals surface area contributed by atoms with Crippen LogP contribution in [0.3, 0.4) is 0 Å². The first-order chi connectivity index (χ1) is 15.3. The Bertz CT molecular complexity index is 962. The first-order valence-electron chi connectivity index (χ1n) is 11.6. The molecule has 7 heteroatoms. The van der Waals surface area contributed by atoms with Crippen LogP contribution in [0.15, 0.2) is 53.4 Å². The lowest BCUT2D eigenvalue weighted by atomic mass is 10.1. The summed E-state index contributed by atoms with van der Waals surface area (Å²) in [6.07, 6.45) is 6.72. The van der Waals surface area contributed by atoms with Gasteiger partial charge in [-0.05, 0) is 67.6 Å². The van der Waals surface area contributed by atoms with Crippen molar-refractivity contribution in [1.29, 1.82) is 0 Å². The zero-order chi connectivity index (χ0) is 23.0. The summed E-state index contributed by atoms with van der Waals surface area (Å²) >= 11 is 0. The topological polar surface area (TPSA) is 78.5 Å². The Hall–Kier alpha value is -2.38. The molecule has 0 aliphatic carbocycles. The summed E-state index contributed by atoms with van der Waals surface area (Å²) in [5.74, 6) is -0.233. The number of carbonyl (C=O) groups is 1. The van der Waals surface area contributed by atoms with Crippen molar-refractivity contribution >= 4 is 27.3 Å². The van der Waals surface area contributed by atoms with Crippen LogP contribution in [0.25, 0.3) is 0 Å². The second-order valence-corrected chi connectivity index (χ2v) is 10.5. The molecule has 1 heterocycles. The van der Waals surface area contributed by atoms with Crippen LogP contribution in [-0.2, 0) is 21.2 Å². The van der Waals surface area contributed by atoms with Gasteiger partial charge in [-0.25, -0.2) is 13.1 Å². The normalized spacial score (nSPS) is 14.9. The molecule has 0 atom stereocenters. The fourth-order valence-electron chi connectivity index (χ4n) is 3.79. The molecule has 2 aromatic carbocycles. The highest BCUT2D eigenvalue weighted by atomic mass is 32.2. The van der Waals surface area contributed by atoms with Crippen molar-refractivity contribution in [2.45, 2.75) is 57.3 Å². The van der Waals surface area contributed by atoms with Gasteiger partial charge in [-0.2, -0.15) is 0 Å². The molecule has 0 bridgehead atoms. The standard InChI is InChI=1S/C25H35N3O3S/c1-20(2)25(29)27-22-11-15-24(16-12-22)32(30,31)26-17-7-8-21-9-13-23(14-10-21)28-18-5-3-4-6-19-28/h9-16,20,26H,3-8,17-19H2,1-2H3,(H,27,29). The number of hydrogen-bond donors (Lipinski definition) is 2. The van der Waals surface area contributed by atoms with Crippen molar-refractivity contribution in [3.05, 3.63) is 54.1 Å². The minimum absolute atomic E-state index is 0.0989. The highest BCUT2D eigenvalue weighted by molar-refractivity contribution is 7.89. The van der Waals surface area contributed by atoms with Crippen LogP contribution in [-0.4, -0.2) is 34.0 Å². The number of aryl methyl sites for hydroxylation is 1. The van der Waals surface area contributed by atoms with Gasteiger partial charge in [0.05, 0.1) is 4.90 Å². The van der Waals surface area contributed by atoms with E-state index in [1.165, 1.54) is 49.1 Å². The summed E-state index contributed by atoms with van der Waals surface area (Å²) < 4.78 is 27.7. The van der Waals surface area contributed by atoms with Crippen molar-refractivity contribution in [3.63, 3.8) is 0 Å². The van der Waals surface area contributed by atoms with Gasteiger partial charge >= 0.3 is 0 Å². The number of nitrogens with zero attached hydrogens (tertiary/aromatic N) is 1. The van der Waals surface area contributed by atoms with Crippen LogP contribution in [0.1, 0.15) is 51.5 Å². The molecule has 1 aliphatic heterocycles. The molecule has 1 aliphatic rings. The summed E-state index contributed by atoms with van der Waals surface area (Å²) in [6, 6.07) is 14.9. The highest BCUT2D eigenvalue weighted by Crippen LogP contribution is 2.20. The zero-order valence-corrected chi connectivity index (χ0v) is 20.0. The minimum atomic E-state index is -3.57. The number of hydrogen-bond acceptors (Lipinski definition) is 4. The molecule has 0 radical (unpaired) electrons. The molecule has 0 unspecified atom stereocenters. The number of anilines is 2. The molecular weight excluding hydrogens is 422 g/mol. The van der Waals surface area contributed by atoms with Gasteiger partial charge in [-0.3, -0.25) is 4.79 Å². The molecule has 32 heavy (non-hydrogen) atoms. The van der Waals surface area contributed by atoms with Gasteiger partial charge in [-0.15, -0.1) is 0 Å². The third-order valence-corrected chi connectivity index (χ3v) is 7.28. The second kappa shape index (κ2) is 11.5. The van der Waals surface area contributed by atoms with E-state index >= 15 is 0 Å². The second-order valence-electron chi connectivity index (χ2n) is 8.74. The molecule has 0 spiro atoms. The third-order valence-electron chi connectivity index (χ3n) is 5.80. The van der Waals surface area contributed by atoms with Crippen LogP contribution in [0.2, 0.25) is 0 Å². The molecule has 1 fully saturated rings. The minimum Gasteiger partial charge on any atom is -0.372 e. The van der Waals surface area contributed by atoms with E-state index in [0.717, 1.165) is 25.9 Å². The first kappa shape index (κ1) is 24.3. The maximum absolute atomic E-state index is 12.5. The van der Waals surface area contributed by atoms with Crippen molar-refractivity contribution in [2.24, 2.45) is 5.92 Å². The largest absolute Gasteiger partial charge is 0.372 e. The molecule has 0 saturated carbocycles. The fourth-order valence-corrected chi connectivity index (χ4v) is 4.86. The van der Waals surface area contributed by atoms with Crippen LogP contribution >= 0.6 is 0 Å². The van der Waals surface area contributed by atoms with E-state index in [2.05, 4.69) is 39.2 Å². The maximum Gasteiger partial charge on any atom is 0.240 e. The van der Waals surface area contributed by atoms with E-state index in [9.17, 15) is 13.2 Å². The molecule has 0 aromatic heterocycles. The maximum atomic E-state index is 12.5. The first-order valence-corrected chi connectivity index (χ1v) is 13.1. The average molecular weight is 458 g/mol. The van der Waals surface area contributed by atoms with E-state index in [1.807, 2.05) is 13.8 Å². The lowest BCUT2D eigenvalue weighted by Gasteiger charge is -2.22. The Balaban J connectivity index is 1.45. The predicted octanol–water partition coefficient (Wildman–Crippen LogP) is 4.57. The average Bonchev–Trinajstić information content (AvgIpc) is 3.07. The van der Waals surface area contributed by atoms with E-state index in [1.54, 1.807) is 12.1 Å². The number of amides is 1. The van der Waals surface area contributed by atoms with E-state index in [4.69, 9.17) is 0 Å². The van der Waals surface area contributed by atoms with Crippen LogP contribution < -0.4 is 14.9 Å².